The lowest BCUT2D eigenvalue weighted by molar-refractivity contribution is 0.187. The van der Waals surface area contributed by atoms with Gasteiger partial charge in [0.2, 0.25) is 0 Å². The van der Waals surface area contributed by atoms with Crippen LogP contribution in [0.2, 0.25) is 0 Å². The average Bonchev–Trinajstić information content (AvgIpc) is 2.66. The summed E-state index contributed by atoms with van der Waals surface area (Å²) in [4.78, 5) is 14.6. The van der Waals surface area contributed by atoms with Crippen LogP contribution in [0, 0.1) is 0 Å². The van der Waals surface area contributed by atoms with E-state index in [0.29, 0.717) is 12.2 Å². The third kappa shape index (κ3) is 6.53. The zero-order valence-electron chi connectivity index (χ0n) is 16.2. The van der Waals surface area contributed by atoms with Crippen molar-refractivity contribution in [2.45, 2.75) is 39.8 Å². The number of nitrogens with zero attached hydrogens (tertiary/aromatic N) is 1. The van der Waals surface area contributed by atoms with Gasteiger partial charge in [0.25, 0.3) is 0 Å². The summed E-state index contributed by atoms with van der Waals surface area (Å²) in [6, 6.07) is 14.0. The Hall–Kier alpha value is -2.06. The molecular formula is C20H25BrN2O4S. The summed E-state index contributed by atoms with van der Waals surface area (Å²) < 4.78 is 29.0. The molecule has 0 bridgehead atoms. The summed E-state index contributed by atoms with van der Waals surface area (Å²) in [5, 5.41) is 2.92. The molecule has 0 saturated carbocycles. The van der Waals surface area contributed by atoms with E-state index >= 15 is 0 Å². The van der Waals surface area contributed by atoms with Crippen molar-refractivity contribution in [3.63, 3.8) is 0 Å². The molecule has 152 valence electrons. The van der Waals surface area contributed by atoms with Crippen LogP contribution < -0.4 is 9.50 Å². The highest BCUT2D eigenvalue weighted by molar-refractivity contribution is 9.10. The molecule has 0 aliphatic heterocycles. The number of anilines is 1. The Labute approximate surface area is 175 Å². The lowest BCUT2D eigenvalue weighted by Gasteiger charge is -2.29. The molecule has 0 radical (unpaired) electrons. The predicted molar refractivity (Wildman–Crippen MR) is 115 cm³/mol. The van der Waals surface area contributed by atoms with Crippen LogP contribution in [-0.2, 0) is 16.7 Å². The molecule has 6 nitrogen and oxygen atoms in total. The van der Waals surface area contributed by atoms with Crippen molar-refractivity contribution < 1.29 is 17.4 Å². The summed E-state index contributed by atoms with van der Waals surface area (Å²) in [5.74, 6) is 0.172. The number of rotatable bonds is 8. The number of halogens is 1. The monoisotopic (exact) mass is 468 g/mol. The second-order valence-electron chi connectivity index (χ2n) is 6.40. The first-order valence-electron chi connectivity index (χ1n) is 9.08. The molecule has 2 rings (SSSR count). The van der Waals surface area contributed by atoms with Gasteiger partial charge < -0.3 is 14.4 Å². The molecule has 0 heterocycles. The van der Waals surface area contributed by atoms with Gasteiger partial charge in [-0.2, -0.15) is 8.42 Å². The van der Waals surface area contributed by atoms with Crippen molar-refractivity contribution in [2.75, 3.05) is 11.1 Å². The number of hydrogen-bond acceptors (Lipinski definition) is 4. The fourth-order valence-corrected chi connectivity index (χ4v) is 3.38. The second kappa shape index (κ2) is 9.93. The quantitative estimate of drug-likeness (QED) is 0.552. The van der Waals surface area contributed by atoms with Crippen LogP contribution in [0.4, 0.5) is 10.5 Å². The topological polar surface area (TPSA) is 75.7 Å². The first-order chi connectivity index (χ1) is 13.2. The van der Waals surface area contributed by atoms with Gasteiger partial charge in [-0.15, -0.1) is 0 Å². The maximum absolute atomic E-state index is 12.8. The van der Waals surface area contributed by atoms with Gasteiger partial charge >= 0.3 is 16.1 Å². The molecule has 0 aliphatic carbocycles. The highest BCUT2D eigenvalue weighted by atomic mass is 79.9. The highest BCUT2D eigenvalue weighted by Crippen LogP contribution is 2.20. The first kappa shape index (κ1) is 22.2. The molecule has 2 aromatic rings. The fourth-order valence-electron chi connectivity index (χ4n) is 2.46. The van der Waals surface area contributed by atoms with E-state index in [1.54, 1.807) is 29.2 Å². The van der Waals surface area contributed by atoms with Gasteiger partial charge in [-0.3, -0.25) is 0 Å². The van der Waals surface area contributed by atoms with Gasteiger partial charge in [0.05, 0.1) is 5.75 Å². The van der Waals surface area contributed by atoms with E-state index in [-0.39, 0.29) is 23.6 Å². The van der Waals surface area contributed by atoms with Crippen LogP contribution in [0.5, 0.6) is 5.75 Å². The number of carbonyl (C=O) groups excluding carboxylic acids is 1. The van der Waals surface area contributed by atoms with Gasteiger partial charge in [-0.1, -0.05) is 41.1 Å². The van der Waals surface area contributed by atoms with E-state index in [4.69, 9.17) is 4.18 Å². The van der Waals surface area contributed by atoms with E-state index in [1.807, 2.05) is 38.1 Å². The Morgan fingerprint density at radius 1 is 1.18 bits per heavy atom. The summed E-state index contributed by atoms with van der Waals surface area (Å²) >= 11 is 3.40. The Bertz CT molecular complexity index is 901. The van der Waals surface area contributed by atoms with Crippen molar-refractivity contribution in [2.24, 2.45) is 0 Å². The summed E-state index contributed by atoms with van der Waals surface area (Å²) in [5.41, 5.74) is 1.59. The zero-order chi connectivity index (χ0) is 20.7. The van der Waals surface area contributed by atoms with Gasteiger partial charge in [0.1, 0.15) is 5.75 Å². The lowest BCUT2D eigenvalue weighted by Crippen LogP contribution is -2.40. The lowest BCUT2D eigenvalue weighted by atomic mass is 10.1. The number of benzene rings is 2. The SMILES string of the molecule is CCC(C)N(Cc1ccc(OS(=O)(=O)CC)cc1)C(=O)Nc1cccc(Br)c1. The van der Waals surface area contributed by atoms with Crippen LogP contribution in [0.1, 0.15) is 32.8 Å². The molecule has 2 amide bonds. The molecule has 0 aliphatic rings. The Balaban J connectivity index is 2.12. The van der Waals surface area contributed by atoms with Gasteiger partial charge in [0, 0.05) is 22.7 Å². The van der Waals surface area contributed by atoms with Crippen LogP contribution in [0.15, 0.2) is 53.0 Å². The van der Waals surface area contributed by atoms with Gasteiger partial charge in [-0.25, -0.2) is 4.79 Å². The molecule has 0 saturated heterocycles. The van der Waals surface area contributed by atoms with E-state index in [9.17, 15) is 13.2 Å². The molecule has 1 N–H and O–H groups in total. The Morgan fingerprint density at radius 3 is 2.43 bits per heavy atom. The van der Waals surface area contributed by atoms with Crippen LogP contribution in [0.3, 0.4) is 0 Å². The number of nitrogens with one attached hydrogen (secondary N) is 1. The smallest absolute Gasteiger partial charge is 0.322 e. The minimum Gasteiger partial charge on any atom is -0.382 e. The molecule has 1 unspecified atom stereocenters. The third-order valence-corrected chi connectivity index (χ3v) is 5.96. The Morgan fingerprint density at radius 2 is 1.86 bits per heavy atom. The van der Waals surface area contributed by atoms with Crippen molar-refractivity contribution in [3.05, 3.63) is 58.6 Å². The summed E-state index contributed by atoms with van der Waals surface area (Å²) in [6.07, 6.45) is 0.807. The van der Waals surface area contributed by atoms with E-state index < -0.39 is 10.1 Å². The zero-order valence-corrected chi connectivity index (χ0v) is 18.6. The first-order valence-corrected chi connectivity index (χ1v) is 11.5. The maximum atomic E-state index is 12.8. The molecule has 2 aromatic carbocycles. The number of amides is 2. The summed E-state index contributed by atoms with van der Waals surface area (Å²) in [6.45, 7) is 5.94. The fraction of sp³-hybridized carbons (Fsp3) is 0.350. The molecular weight excluding hydrogens is 444 g/mol. The van der Waals surface area contributed by atoms with Crippen molar-refractivity contribution in [1.82, 2.24) is 4.90 Å². The Kier molecular flexibility index (Phi) is 7.88. The van der Waals surface area contributed by atoms with Gasteiger partial charge in [-0.05, 0) is 56.2 Å². The molecule has 8 heteroatoms. The van der Waals surface area contributed by atoms with Crippen molar-refractivity contribution >= 4 is 37.8 Å². The van der Waals surface area contributed by atoms with Crippen molar-refractivity contribution in [3.8, 4) is 5.75 Å². The van der Waals surface area contributed by atoms with Crippen LogP contribution in [-0.4, -0.2) is 31.1 Å². The molecule has 0 aromatic heterocycles. The minimum atomic E-state index is -3.56. The average molecular weight is 469 g/mol. The van der Waals surface area contributed by atoms with E-state index in [1.165, 1.54) is 6.92 Å². The second-order valence-corrected chi connectivity index (χ2v) is 9.17. The van der Waals surface area contributed by atoms with Gasteiger partial charge in [0.15, 0.2) is 0 Å². The highest BCUT2D eigenvalue weighted by Gasteiger charge is 2.20. The van der Waals surface area contributed by atoms with Crippen LogP contribution in [0.25, 0.3) is 0 Å². The normalized spacial score (nSPS) is 12.3. The molecule has 1 atom stereocenters. The predicted octanol–water partition coefficient (Wildman–Crippen LogP) is 5.01. The number of urea groups is 1. The standard InChI is InChI=1S/C20H25BrN2O4S/c1-4-15(3)23(20(24)22-18-8-6-7-17(21)13-18)14-16-9-11-19(12-10-16)27-28(25,26)5-2/h6-13,15H,4-5,14H2,1-3H3,(H,22,24). The largest absolute Gasteiger partial charge is 0.382 e. The number of carbonyl (C=O) groups is 1. The number of hydrogen-bond donors (Lipinski definition) is 1. The maximum Gasteiger partial charge on any atom is 0.322 e. The van der Waals surface area contributed by atoms with Crippen LogP contribution >= 0.6 is 15.9 Å². The third-order valence-electron chi connectivity index (χ3n) is 4.31. The molecule has 0 spiro atoms. The van der Waals surface area contributed by atoms with E-state index in [0.717, 1.165) is 16.5 Å². The summed E-state index contributed by atoms with van der Waals surface area (Å²) in [7, 11) is -3.56. The van der Waals surface area contributed by atoms with E-state index in [2.05, 4.69) is 21.2 Å². The molecule has 0 fully saturated rings. The van der Waals surface area contributed by atoms with Crippen molar-refractivity contribution in [1.29, 1.82) is 0 Å². The minimum absolute atomic E-state index is 0.0311. The molecule has 28 heavy (non-hydrogen) atoms.